The molecule has 2 amide bonds. The number of benzene rings is 1. The molecule has 1 aliphatic heterocycles. The summed E-state index contributed by atoms with van der Waals surface area (Å²) in [5.74, 6) is 0.123. The summed E-state index contributed by atoms with van der Waals surface area (Å²) in [5.41, 5.74) is 6.25. The summed E-state index contributed by atoms with van der Waals surface area (Å²) in [6.07, 6.45) is 2.18. The molecule has 1 aliphatic rings. The van der Waals surface area contributed by atoms with Gasteiger partial charge in [-0.2, -0.15) is 0 Å². The Labute approximate surface area is 188 Å². The van der Waals surface area contributed by atoms with E-state index in [1.165, 1.54) is 11.8 Å². The Morgan fingerprint density at radius 3 is 2.77 bits per heavy atom. The number of nitrogens with zero attached hydrogens (tertiary/aromatic N) is 3. The number of rotatable bonds is 8. The molecule has 1 fully saturated rings. The van der Waals surface area contributed by atoms with Crippen LogP contribution in [0.5, 0.6) is 0 Å². The second kappa shape index (κ2) is 9.63. The third-order valence-corrected chi connectivity index (χ3v) is 6.90. The van der Waals surface area contributed by atoms with Crippen LogP contribution in [0.3, 0.4) is 0 Å². The minimum absolute atomic E-state index is 0.127. The lowest BCUT2D eigenvalue weighted by Gasteiger charge is -2.16. The molecule has 10 heteroatoms. The van der Waals surface area contributed by atoms with Crippen molar-refractivity contribution in [1.82, 2.24) is 14.8 Å². The van der Waals surface area contributed by atoms with Gasteiger partial charge in [-0.05, 0) is 55.5 Å². The van der Waals surface area contributed by atoms with E-state index in [0.717, 1.165) is 30.2 Å². The van der Waals surface area contributed by atoms with Gasteiger partial charge in [0, 0.05) is 17.9 Å². The average Bonchev–Trinajstić information content (AvgIpc) is 3.52. The van der Waals surface area contributed by atoms with Gasteiger partial charge < -0.3 is 15.8 Å². The van der Waals surface area contributed by atoms with Crippen LogP contribution >= 0.6 is 23.1 Å². The summed E-state index contributed by atoms with van der Waals surface area (Å²) in [4.78, 5) is 25.0. The average molecular weight is 458 g/mol. The second-order valence-electron chi connectivity index (χ2n) is 7.22. The summed E-state index contributed by atoms with van der Waals surface area (Å²) in [7, 11) is 0. The number of ether oxygens (including phenoxy) is 1. The van der Waals surface area contributed by atoms with Crippen molar-refractivity contribution in [2.24, 2.45) is 5.73 Å². The molecule has 0 spiro atoms. The lowest BCUT2D eigenvalue weighted by molar-refractivity contribution is -0.115. The minimum Gasteiger partial charge on any atom is -0.376 e. The van der Waals surface area contributed by atoms with E-state index in [1.807, 2.05) is 24.4 Å². The fourth-order valence-corrected chi connectivity index (χ4v) is 4.87. The highest BCUT2D eigenvalue weighted by atomic mass is 32.2. The SMILES string of the molecule is CC(Sc1nnc(-c2cccs2)n1CC1CCCO1)C(=O)Nc1ccc(C(N)=O)cc1. The fourth-order valence-electron chi connectivity index (χ4n) is 3.29. The van der Waals surface area contributed by atoms with Crippen molar-refractivity contribution >= 4 is 40.6 Å². The molecule has 2 aromatic heterocycles. The molecule has 0 radical (unpaired) electrons. The molecule has 3 aromatic rings. The number of hydrogen-bond acceptors (Lipinski definition) is 7. The van der Waals surface area contributed by atoms with Crippen molar-refractivity contribution in [3.63, 3.8) is 0 Å². The van der Waals surface area contributed by atoms with Crippen LogP contribution < -0.4 is 11.1 Å². The smallest absolute Gasteiger partial charge is 0.248 e. The summed E-state index contributed by atoms with van der Waals surface area (Å²) in [6.45, 7) is 3.26. The van der Waals surface area contributed by atoms with Gasteiger partial charge >= 0.3 is 0 Å². The van der Waals surface area contributed by atoms with E-state index in [0.29, 0.717) is 23.0 Å². The first-order chi connectivity index (χ1) is 15.0. The highest BCUT2D eigenvalue weighted by molar-refractivity contribution is 8.00. The van der Waals surface area contributed by atoms with Gasteiger partial charge in [-0.1, -0.05) is 17.8 Å². The number of thiophene rings is 1. The molecule has 31 heavy (non-hydrogen) atoms. The maximum atomic E-state index is 12.7. The summed E-state index contributed by atoms with van der Waals surface area (Å²) >= 11 is 2.97. The number of anilines is 1. The van der Waals surface area contributed by atoms with Crippen molar-refractivity contribution in [3.05, 3.63) is 47.3 Å². The maximum Gasteiger partial charge on any atom is 0.248 e. The van der Waals surface area contributed by atoms with E-state index in [9.17, 15) is 9.59 Å². The molecule has 2 unspecified atom stereocenters. The van der Waals surface area contributed by atoms with Gasteiger partial charge in [0.2, 0.25) is 11.8 Å². The van der Waals surface area contributed by atoms with E-state index in [1.54, 1.807) is 35.6 Å². The van der Waals surface area contributed by atoms with E-state index >= 15 is 0 Å². The van der Waals surface area contributed by atoms with Gasteiger partial charge in [0.05, 0.1) is 22.8 Å². The van der Waals surface area contributed by atoms with E-state index in [-0.39, 0.29) is 12.0 Å². The maximum absolute atomic E-state index is 12.7. The molecule has 4 rings (SSSR count). The number of hydrogen-bond donors (Lipinski definition) is 2. The fraction of sp³-hybridized carbons (Fsp3) is 0.333. The van der Waals surface area contributed by atoms with Crippen molar-refractivity contribution in [2.45, 2.75) is 42.8 Å². The van der Waals surface area contributed by atoms with Crippen molar-refractivity contribution < 1.29 is 14.3 Å². The predicted octanol–water partition coefficient (Wildman–Crippen LogP) is 3.40. The topological polar surface area (TPSA) is 112 Å². The Kier molecular flexibility index (Phi) is 6.69. The highest BCUT2D eigenvalue weighted by Crippen LogP contribution is 2.31. The molecular formula is C21H23N5O3S2. The lowest BCUT2D eigenvalue weighted by atomic mass is 10.2. The molecule has 162 valence electrons. The molecule has 0 saturated carbocycles. The van der Waals surface area contributed by atoms with Gasteiger partial charge in [-0.25, -0.2) is 0 Å². The Bertz CT molecular complexity index is 1040. The number of nitrogens with two attached hydrogens (primary N) is 1. The number of carbonyl (C=O) groups excluding carboxylic acids is 2. The zero-order valence-corrected chi connectivity index (χ0v) is 18.6. The second-order valence-corrected chi connectivity index (χ2v) is 9.48. The standard InChI is InChI=1S/C21H23N5O3S2/c1-13(20(28)23-15-8-6-14(7-9-15)18(22)27)31-21-25-24-19(17-5-3-11-30-17)26(21)12-16-4-2-10-29-16/h3,5-9,11,13,16H,2,4,10,12H2,1H3,(H2,22,27)(H,23,28). The van der Waals surface area contributed by atoms with Crippen LogP contribution in [0, 0.1) is 0 Å². The molecule has 0 bridgehead atoms. The van der Waals surface area contributed by atoms with Crippen LogP contribution in [0.25, 0.3) is 10.7 Å². The molecular weight excluding hydrogens is 434 g/mol. The van der Waals surface area contributed by atoms with E-state index in [2.05, 4.69) is 20.1 Å². The first kappa shape index (κ1) is 21.5. The molecule has 3 heterocycles. The third-order valence-electron chi connectivity index (χ3n) is 4.96. The predicted molar refractivity (Wildman–Crippen MR) is 121 cm³/mol. The lowest BCUT2D eigenvalue weighted by Crippen LogP contribution is -2.23. The van der Waals surface area contributed by atoms with Gasteiger partial charge in [0.1, 0.15) is 0 Å². The largest absolute Gasteiger partial charge is 0.376 e. The first-order valence-electron chi connectivity index (χ1n) is 9.97. The van der Waals surface area contributed by atoms with Gasteiger partial charge in [-0.15, -0.1) is 21.5 Å². The normalized spacial score (nSPS) is 16.9. The number of carbonyl (C=O) groups is 2. The highest BCUT2D eigenvalue weighted by Gasteiger charge is 2.25. The van der Waals surface area contributed by atoms with E-state index < -0.39 is 11.2 Å². The number of thioether (sulfide) groups is 1. The summed E-state index contributed by atoms with van der Waals surface area (Å²) in [6, 6.07) is 10.5. The van der Waals surface area contributed by atoms with Crippen LogP contribution in [0.4, 0.5) is 5.69 Å². The van der Waals surface area contributed by atoms with Crippen LogP contribution in [0.15, 0.2) is 46.9 Å². The zero-order chi connectivity index (χ0) is 21.8. The Morgan fingerprint density at radius 1 is 1.32 bits per heavy atom. The monoisotopic (exact) mass is 457 g/mol. The summed E-state index contributed by atoms with van der Waals surface area (Å²) in [5, 5.41) is 13.9. The van der Waals surface area contributed by atoms with Crippen molar-refractivity contribution in [2.75, 3.05) is 11.9 Å². The number of amides is 2. The molecule has 1 aromatic carbocycles. The Balaban J connectivity index is 1.48. The quantitative estimate of drug-likeness (QED) is 0.502. The van der Waals surface area contributed by atoms with Crippen LogP contribution in [-0.4, -0.2) is 44.5 Å². The molecule has 1 saturated heterocycles. The molecule has 8 nitrogen and oxygen atoms in total. The van der Waals surface area contributed by atoms with E-state index in [4.69, 9.17) is 10.5 Å². The van der Waals surface area contributed by atoms with Gasteiger partial charge in [0.15, 0.2) is 11.0 Å². The van der Waals surface area contributed by atoms with Gasteiger partial charge in [0.25, 0.3) is 0 Å². The van der Waals surface area contributed by atoms with Crippen molar-refractivity contribution in [3.8, 4) is 10.7 Å². The molecule has 0 aliphatic carbocycles. The zero-order valence-electron chi connectivity index (χ0n) is 17.0. The summed E-state index contributed by atoms with van der Waals surface area (Å²) < 4.78 is 7.87. The number of aromatic nitrogens is 3. The molecule has 2 atom stereocenters. The van der Waals surface area contributed by atoms with Crippen LogP contribution in [-0.2, 0) is 16.1 Å². The Morgan fingerprint density at radius 2 is 2.13 bits per heavy atom. The molecule has 3 N–H and O–H groups in total. The number of nitrogens with one attached hydrogen (secondary N) is 1. The van der Waals surface area contributed by atoms with Crippen LogP contribution in [0.2, 0.25) is 0 Å². The number of primary amides is 1. The van der Waals surface area contributed by atoms with Crippen LogP contribution in [0.1, 0.15) is 30.1 Å². The Hall–Kier alpha value is -2.69. The minimum atomic E-state index is -0.506. The van der Waals surface area contributed by atoms with Gasteiger partial charge in [-0.3, -0.25) is 14.2 Å². The third kappa shape index (κ3) is 5.15. The first-order valence-corrected chi connectivity index (χ1v) is 11.7. The van der Waals surface area contributed by atoms with Crippen molar-refractivity contribution in [1.29, 1.82) is 0 Å².